The Morgan fingerprint density at radius 3 is 1.45 bits per heavy atom. The molecule has 0 atom stereocenters. The minimum atomic E-state index is 0. The Labute approximate surface area is 94.0 Å². The van der Waals surface area contributed by atoms with Gasteiger partial charge >= 0.3 is 37.7 Å². The SMILES string of the molecule is COC=O.[Ca+2].[N-]=C=N.[N-]=C=N. The average molecular weight is 182 g/mol. The number of nitrogens with zero attached hydrogens (tertiary/aromatic N) is 2. The van der Waals surface area contributed by atoms with Crippen LogP contribution in [0.2, 0.25) is 0 Å². The number of carbonyl (C=O) groups excluding carboxylic acids is 1. The third-order valence-electron chi connectivity index (χ3n) is 0.0962. The van der Waals surface area contributed by atoms with Crippen LogP contribution in [0.3, 0.4) is 0 Å². The maximum absolute atomic E-state index is 8.95. The van der Waals surface area contributed by atoms with Crippen LogP contribution in [0.25, 0.3) is 10.8 Å². The van der Waals surface area contributed by atoms with Crippen molar-refractivity contribution in [2.24, 2.45) is 0 Å². The fourth-order valence-corrected chi connectivity index (χ4v) is 0. The Hall–Kier alpha value is -0.510. The van der Waals surface area contributed by atoms with Gasteiger partial charge in [0.1, 0.15) is 0 Å². The molecular weight excluding hydrogens is 176 g/mol. The summed E-state index contributed by atoms with van der Waals surface area (Å²) in [6.45, 7) is 0.375. The Bertz CT molecular complexity index is 114. The van der Waals surface area contributed by atoms with Crippen molar-refractivity contribution in [3.63, 3.8) is 0 Å². The molecule has 0 aromatic rings. The normalized spacial score (nSPS) is 3.36. The van der Waals surface area contributed by atoms with Crippen molar-refractivity contribution < 1.29 is 9.53 Å². The molecule has 0 radical (unpaired) electrons. The van der Waals surface area contributed by atoms with Gasteiger partial charge in [0.05, 0.1) is 7.11 Å². The summed E-state index contributed by atoms with van der Waals surface area (Å²) in [7, 11) is 1.31. The predicted molar refractivity (Wildman–Crippen MR) is 41.0 cm³/mol. The largest absolute Gasteiger partial charge is 2.00 e. The van der Waals surface area contributed by atoms with Crippen LogP contribution in [0.5, 0.6) is 0 Å². The zero-order chi connectivity index (χ0) is 8.83. The summed E-state index contributed by atoms with van der Waals surface area (Å²) in [5, 5.41) is 25.0. The van der Waals surface area contributed by atoms with Crippen molar-refractivity contribution in [3.05, 3.63) is 10.8 Å². The van der Waals surface area contributed by atoms with Crippen LogP contribution in [0.15, 0.2) is 0 Å². The number of methoxy groups -OCH3 is 1. The Kier molecular flexibility index (Phi) is 115. The molecule has 0 saturated heterocycles. The zero-order valence-corrected chi connectivity index (χ0v) is 8.20. The molecule has 7 heteroatoms. The van der Waals surface area contributed by atoms with E-state index in [1.165, 1.54) is 7.11 Å². The summed E-state index contributed by atoms with van der Waals surface area (Å²) in [4.78, 5) is 8.95. The van der Waals surface area contributed by atoms with E-state index in [0.717, 1.165) is 12.0 Å². The quantitative estimate of drug-likeness (QED) is 0.338. The first kappa shape index (κ1) is 22.4. The van der Waals surface area contributed by atoms with E-state index in [9.17, 15) is 0 Å². The van der Waals surface area contributed by atoms with Crippen LogP contribution in [0, 0.1) is 10.8 Å². The Morgan fingerprint density at radius 1 is 1.36 bits per heavy atom. The minimum absolute atomic E-state index is 0. The van der Waals surface area contributed by atoms with Gasteiger partial charge < -0.3 is 26.4 Å². The van der Waals surface area contributed by atoms with Crippen molar-refractivity contribution in [2.45, 2.75) is 0 Å². The van der Waals surface area contributed by atoms with Crippen molar-refractivity contribution in [3.8, 4) is 0 Å². The molecule has 0 spiro atoms. The maximum Gasteiger partial charge on any atom is 2.00 e. The van der Waals surface area contributed by atoms with Gasteiger partial charge in [-0.25, -0.2) is 0 Å². The molecule has 0 aliphatic heterocycles. The van der Waals surface area contributed by atoms with Crippen LogP contribution in [0.1, 0.15) is 0 Å². The summed E-state index contributed by atoms with van der Waals surface area (Å²) in [5.41, 5.74) is 0. The van der Waals surface area contributed by atoms with E-state index in [0.29, 0.717) is 6.47 Å². The monoisotopic (exact) mass is 182 g/mol. The molecule has 0 rings (SSSR count). The molecule has 6 nitrogen and oxygen atoms in total. The molecule has 0 aromatic heterocycles. The van der Waals surface area contributed by atoms with Crippen molar-refractivity contribution in [2.75, 3.05) is 7.11 Å². The first-order chi connectivity index (χ1) is 4.74. The molecule has 0 heterocycles. The molecule has 0 amide bonds. The molecule has 0 bridgehead atoms. The van der Waals surface area contributed by atoms with Crippen molar-refractivity contribution >= 4 is 56.2 Å². The number of carbonyl (C=O) groups is 1. The van der Waals surface area contributed by atoms with Gasteiger partial charge in [0.25, 0.3) is 6.47 Å². The number of nitrogens with one attached hydrogen (secondary N) is 2. The second-order valence-corrected chi connectivity index (χ2v) is 0.556. The second-order valence-electron chi connectivity index (χ2n) is 0.556. The number of ether oxygens (including phenoxy) is 1. The van der Waals surface area contributed by atoms with Gasteiger partial charge in [-0.05, 0) is 0 Å². The van der Waals surface area contributed by atoms with Gasteiger partial charge in [-0.1, -0.05) is 0 Å². The minimum Gasteiger partial charge on any atom is -0.471 e. The number of hydrogen-bond donors (Lipinski definition) is 2. The Balaban J connectivity index is -0.0000000325. The summed E-state index contributed by atoms with van der Waals surface area (Å²) < 4.78 is 3.86. The van der Waals surface area contributed by atoms with Crippen LogP contribution in [-0.2, 0) is 9.53 Å². The van der Waals surface area contributed by atoms with Crippen LogP contribution in [0.4, 0.5) is 0 Å². The third kappa shape index (κ3) is 2220. The Morgan fingerprint density at radius 2 is 1.45 bits per heavy atom. The van der Waals surface area contributed by atoms with E-state index in [4.69, 9.17) is 26.4 Å². The van der Waals surface area contributed by atoms with Crippen LogP contribution >= 0.6 is 0 Å². The molecule has 56 valence electrons. The molecule has 0 aliphatic carbocycles. The molecule has 0 saturated carbocycles. The smallest absolute Gasteiger partial charge is 0.471 e. The molecule has 0 aromatic carbocycles. The summed E-state index contributed by atoms with van der Waals surface area (Å²) >= 11 is 0. The molecule has 0 fully saturated rings. The zero-order valence-electron chi connectivity index (χ0n) is 6.00. The second kappa shape index (κ2) is 56.2. The predicted octanol–water partition coefficient (Wildman–Crippen LogP) is 0.0253. The first-order valence-corrected chi connectivity index (χ1v) is 1.83. The summed E-state index contributed by atoms with van der Waals surface area (Å²) in [6.07, 6.45) is 0. The standard InChI is InChI=1S/C2H4O2.2CHN2.Ca/c1-4-2-3;2*2-1-3;/h2H,1H3;2*2H;/q;2*-1;+2. The van der Waals surface area contributed by atoms with E-state index in [2.05, 4.69) is 4.74 Å². The molecule has 11 heavy (non-hydrogen) atoms. The van der Waals surface area contributed by atoms with Crippen molar-refractivity contribution in [1.29, 1.82) is 10.8 Å². The van der Waals surface area contributed by atoms with E-state index >= 15 is 0 Å². The van der Waals surface area contributed by atoms with Crippen LogP contribution in [-0.4, -0.2) is 63.3 Å². The molecular formula is C4H6CaN4O2. The first-order valence-electron chi connectivity index (χ1n) is 1.83. The fourth-order valence-electron chi connectivity index (χ4n) is 0. The third-order valence-corrected chi connectivity index (χ3v) is 0.0962. The van der Waals surface area contributed by atoms with Gasteiger partial charge in [0.2, 0.25) is 0 Å². The number of hydrogen-bond acceptors (Lipinski definition) is 4. The topological polar surface area (TPSA) is 119 Å². The summed E-state index contributed by atoms with van der Waals surface area (Å²) in [6, 6.07) is 2.00. The van der Waals surface area contributed by atoms with E-state index in [1.807, 2.05) is 0 Å². The number of rotatable bonds is 1. The van der Waals surface area contributed by atoms with Gasteiger partial charge in [-0.3, -0.25) is 4.79 Å². The maximum atomic E-state index is 8.95. The van der Waals surface area contributed by atoms with E-state index in [1.54, 1.807) is 0 Å². The molecule has 2 N–H and O–H groups in total. The summed E-state index contributed by atoms with van der Waals surface area (Å²) in [5.74, 6) is 0. The van der Waals surface area contributed by atoms with Crippen LogP contribution < -0.4 is 0 Å². The van der Waals surface area contributed by atoms with Crippen molar-refractivity contribution in [1.82, 2.24) is 0 Å². The average Bonchev–Trinajstić information content (AvgIpc) is 1.91. The van der Waals surface area contributed by atoms with Gasteiger partial charge in [-0.15, -0.1) is 0 Å². The molecule has 0 unspecified atom stereocenters. The van der Waals surface area contributed by atoms with Gasteiger partial charge in [0.15, 0.2) is 0 Å². The molecule has 0 aliphatic rings. The van der Waals surface area contributed by atoms with E-state index < -0.39 is 0 Å². The fraction of sp³-hybridized carbons (Fsp3) is 0.250. The van der Waals surface area contributed by atoms with Gasteiger partial charge in [-0.2, -0.15) is 12.0 Å². The van der Waals surface area contributed by atoms with E-state index in [-0.39, 0.29) is 37.7 Å². The van der Waals surface area contributed by atoms with Gasteiger partial charge in [0, 0.05) is 0 Å².